The van der Waals surface area contributed by atoms with Crippen molar-refractivity contribution in [1.82, 2.24) is 9.55 Å². The predicted octanol–water partition coefficient (Wildman–Crippen LogP) is 3.08. The van der Waals surface area contributed by atoms with E-state index in [4.69, 9.17) is 11.6 Å². The van der Waals surface area contributed by atoms with Crippen LogP contribution < -0.4 is 0 Å². The minimum atomic E-state index is -1.08. The van der Waals surface area contributed by atoms with Crippen LogP contribution in [-0.4, -0.2) is 32.5 Å². The second-order valence-corrected chi connectivity index (χ2v) is 5.83. The SMILES string of the molecule is Cc1nc(Cl)cc2ccn([C@@H](c3cccc(F)c3)[C@H](O)CO)c12. The van der Waals surface area contributed by atoms with Gasteiger partial charge in [-0.3, -0.25) is 0 Å². The lowest BCUT2D eigenvalue weighted by atomic mass is 10.0. The molecular weight excluding hydrogens is 319 g/mol. The van der Waals surface area contributed by atoms with Gasteiger partial charge in [0.05, 0.1) is 23.9 Å². The van der Waals surface area contributed by atoms with E-state index in [1.54, 1.807) is 29.0 Å². The average Bonchev–Trinajstić information content (AvgIpc) is 2.91. The van der Waals surface area contributed by atoms with Crippen molar-refractivity contribution in [2.75, 3.05) is 6.61 Å². The van der Waals surface area contributed by atoms with E-state index < -0.39 is 24.6 Å². The number of fused-ring (bicyclic) bond motifs is 1. The smallest absolute Gasteiger partial charge is 0.130 e. The van der Waals surface area contributed by atoms with Crippen molar-refractivity contribution in [2.45, 2.75) is 19.1 Å². The van der Waals surface area contributed by atoms with Crippen LogP contribution in [0.15, 0.2) is 42.6 Å². The molecule has 0 unspecified atom stereocenters. The molecule has 0 aliphatic rings. The highest BCUT2D eigenvalue weighted by Gasteiger charge is 2.25. The van der Waals surface area contributed by atoms with E-state index in [1.165, 1.54) is 12.1 Å². The summed E-state index contributed by atoms with van der Waals surface area (Å²) in [7, 11) is 0. The molecule has 0 saturated carbocycles. The summed E-state index contributed by atoms with van der Waals surface area (Å²) in [5, 5.41) is 21.0. The third-order valence-corrected chi connectivity index (χ3v) is 4.07. The van der Waals surface area contributed by atoms with Crippen LogP contribution >= 0.6 is 11.6 Å². The average molecular weight is 335 g/mol. The van der Waals surface area contributed by atoms with Crippen LogP contribution in [0.5, 0.6) is 0 Å². The number of aryl methyl sites for hydroxylation is 1. The summed E-state index contributed by atoms with van der Waals surface area (Å²) in [6, 6.07) is 8.95. The molecule has 2 aromatic heterocycles. The molecule has 0 aliphatic heterocycles. The van der Waals surface area contributed by atoms with Crippen LogP contribution in [-0.2, 0) is 0 Å². The van der Waals surface area contributed by atoms with Crippen molar-refractivity contribution in [1.29, 1.82) is 0 Å². The zero-order chi connectivity index (χ0) is 16.6. The van der Waals surface area contributed by atoms with Crippen LogP contribution in [0.3, 0.4) is 0 Å². The molecule has 2 heterocycles. The zero-order valence-electron chi connectivity index (χ0n) is 12.4. The number of hydrogen-bond donors (Lipinski definition) is 2. The fourth-order valence-corrected chi connectivity index (χ4v) is 3.18. The Morgan fingerprint density at radius 2 is 2.09 bits per heavy atom. The van der Waals surface area contributed by atoms with E-state index in [1.807, 2.05) is 13.0 Å². The van der Waals surface area contributed by atoms with Gasteiger partial charge in [-0.25, -0.2) is 9.37 Å². The second-order valence-electron chi connectivity index (χ2n) is 5.44. The lowest BCUT2D eigenvalue weighted by Crippen LogP contribution is -2.28. The van der Waals surface area contributed by atoms with Crippen molar-refractivity contribution in [2.24, 2.45) is 0 Å². The molecule has 0 radical (unpaired) electrons. The number of aliphatic hydroxyl groups is 2. The van der Waals surface area contributed by atoms with Crippen LogP contribution in [0.2, 0.25) is 5.15 Å². The largest absolute Gasteiger partial charge is 0.394 e. The van der Waals surface area contributed by atoms with Gasteiger partial charge >= 0.3 is 0 Å². The molecule has 6 heteroatoms. The molecule has 0 amide bonds. The molecule has 2 atom stereocenters. The molecule has 0 aliphatic carbocycles. The standard InChI is InChI=1S/C17H16ClFN2O2/c1-10-16-12(8-15(18)20-10)5-6-21(16)17(14(23)9-22)11-3-2-4-13(19)7-11/h2-8,14,17,22-23H,9H2,1H3/t14-,17+/m1/s1. The molecule has 4 nitrogen and oxygen atoms in total. The molecule has 0 bridgehead atoms. The van der Waals surface area contributed by atoms with Crippen molar-refractivity contribution in [3.63, 3.8) is 0 Å². The van der Waals surface area contributed by atoms with Gasteiger partial charge in [0, 0.05) is 11.6 Å². The van der Waals surface area contributed by atoms with E-state index in [0.717, 1.165) is 10.9 Å². The van der Waals surface area contributed by atoms with Crippen LogP contribution in [0.25, 0.3) is 10.9 Å². The lowest BCUT2D eigenvalue weighted by Gasteiger charge is -2.25. The first-order valence-electron chi connectivity index (χ1n) is 7.19. The number of aliphatic hydroxyl groups excluding tert-OH is 2. The van der Waals surface area contributed by atoms with Gasteiger partial charge in [0.1, 0.15) is 17.1 Å². The summed E-state index contributed by atoms with van der Waals surface area (Å²) < 4.78 is 15.4. The first-order valence-corrected chi connectivity index (χ1v) is 7.57. The third-order valence-electron chi connectivity index (χ3n) is 3.88. The Morgan fingerprint density at radius 1 is 1.30 bits per heavy atom. The number of benzene rings is 1. The topological polar surface area (TPSA) is 58.3 Å². The molecule has 3 rings (SSSR count). The predicted molar refractivity (Wildman–Crippen MR) is 87.1 cm³/mol. The van der Waals surface area contributed by atoms with Gasteiger partial charge in [-0.1, -0.05) is 23.7 Å². The molecule has 0 saturated heterocycles. The van der Waals surface area contributed by atoms with Crippen molar-refractivity contribution in [3.8, 4) is 0 Å². The molecular formula is C17H16ClFN2O2. The molecule has 3 aromatic rings. The number of rotatable bonds is 4. The Labute approximate surface area is 137 Å². The Balaban J connectivity index is 2.22. The van der Waals surface area contributed by atoms with Gasteiger partial charge < -0.3 is 14.8 Å². The highest BCUT2D eigenvalue weighted by atomic mass is 35.5. The van der Waals surface area contributed by atoms with Crippen molar-refractivity contribution < 1.29 is 14.6 Å². The number of aromatic nitrogens is 2. The van der Waals surface area contributed by atoms with Crippen molar-refractivity contribution >= 4 is 22.5 Å². The van der Waals surface area contributed by atoms with Crippen LogP contribution in [0.4, 0.5) is 4.39 Å². The maximum absolute atomic E-state index is 13.6. The fraction of sp³-hybridized carbons (Fsp3) is 0.235. The minimum absolute atomic E-state index is 0.387. The summed E-state index contributed by atoms with van der Waals surface area (Å²) in [5.74, 6) is -0.396. The Bertz CT molecular complexity index is 850. The molecule has 0 spiro atoms. The van der Waals surface area contributed by atoms with E-state index >= 15 is 0 Å². The fourth-order valence-electron chi connectivity index (χ4n) is 2.94. The van der Waals surface area contributed by atoms with Crippen LogP contribution in [0, 0.1) is 12.7 Å². The molecule has 120 valence electrons. The van der Waals surface area contributed by atoms with Gasteiger partial charge in [-0.2, -0.15) is 0 Å². The van der Waals surface area contributed by atoms with E-state index in [2.05, 4.69) is 4.98 Å². The highest BCUT2D eigenvalue weighted by molar-refractivity contribution is 6.30. The van der Waals surface area contributed by atoms with E-state index in [9.17, 15) is 14.6 Å². The van der Waals surface area contributed by atoms with E-state index in [-0.39, 0.29) is 0 Å². The Hall–Kier alpha value is -1.95. The van der Waals surface area contributed by atoms with Gasteiger partial charge in [0.2, 0.25) is 0 Å². The summed E-state index contributed by atoms with van der Waals surface area (Å²) >= 11 is 5.98. The summed E-state index contributed by atoms with van der Waals surface area (Å²) in [6.45, 7) is 1.37. The van der Waals surface area contributed by atoms with E-state index in [0.29, 0.717) is 16.4 Å². The monoisotopic (exact) mass is 334 g/mol. The number of nitrogens with zero attached hydrogens (tertiary/aromatic N) is 2. The molecule has 1 aromatic carbocycles. The zero-order valence-corrected chi connectivity index (χ0v) is 13.2. The van der Waals surface area contributed by atoms with Gasteiger partial charge in [-0.05, 0) is 36.8 Å². The number of halogens is 2. The Morgan fingerprint density at radius 3 is 2.78 bits per heavy atom. The van der Waals surface area contributed by atoms with Gasteiger partial charge in [0.15, 0.2) is 0 Å². The van der Waals surface area contributed by atoms with Gasteiger partial charge in [0.25, 0.3) is 0 Å². The second kappa shape index (κ2) is 6.28. The number of hydrogen-bond acceptors (Lipinski definition) is 3. The molecule has 2 N–H and O–H groups in total. The maximum Gasteiger partial charge on any atom is 0.130 e. The Kier molecular flexibility index (Phi) is 4.35. The van der Waals surface area contributed by atoms with Crippen LogP contribution in [0.1, 0.15) is 17.3 Å². The molecule has 23 heavy (non-hydrogen) atoms. The van der Waals surface area contributed by atoms with Gasteiger partial charge in [-0.15, -0.1) is 0 Å². The summed E-state index contributed by atoms with van der Waals surface area (Å²) in [4.78, 5) is 4.24. The normalized spacial score (nSPS) is 14.1. The third kappa shape index (κ3) is 2.95. The quantitative estimate of drug-likeness (QED) is 0.721. The summed E-state index contributed by atoms with van der Waals surface area (Å²) in [6.07, 6.45) is 0.701. The number of pyridine rings is 1. The first-order chi connectivity index (χ1) is 11.0. The highest BCUT2D eigenvalue weighted by Crippen LogP contribution is 2.30. The maximum atomic E-state index is 13.6. The minimum Gasteiger partial charge on any atom is -0.394 e. The molecule has 0 fully saturated rings. The summed E-state index contributed by atoms with van der Waals surface area (Å²) in [5.41, 5.74) is 2.05. The first kappa shape index (κ1) is 15.9. The lowest BCUT2D eigenvalue weighted by molar-refractivity contribution is 0.0652. The van der Waals surface area contributed by atoms with Crippen molar-refractivity contribution in [3.05, 3.63) is 64.8 Å².